The fourth-order valence-corrected chi connectivity index (χ4v) is 4.09. The standard InChI is InChI=1S/C18H26N4OS/c1-14-17(15(2)20(3)19-14)6-7-18(23)22-10-8-21(9-11-22)13-16-5-4-12-24-16/h4-5,12H,6-11,13H2,1-3H3. The molecule has 6 heteroatoms. The number of aryl methyl sites for hydroxylation is 2. The predicted molar refractivity (Wildman–Crippen MR) is 97.2 cm³/mol. The fourth-order valence-electron chi connectivity index (χ4n) is 3.35. The van der Waals surface area contributed by atoms with Gasteiger partial charge in [-0.15, -0.1) is 11.3 Å². The van der Waals surface area contributed by atoms with Gasteiger partial charge in [0.15, 0.2) is 0 Å². The van der Waals surface area contributed by atoms with E-state index in [1.807, 2.05) is 23.6 Å². The van der Waals surface area contributed by atoms with Gasteiger partial charge < -0.3 is 4.90 Å². The zero-order chi connectivity index (χ0) is 17.1. The van der Waals surface area contributed by atoms with Crippen LogP contribution in [0.15, 0.2) is 17.5 Å². The molecule has 0 radical (unpaired) electrons. The lowest BCUT2D eigenvalue weighted by atomic mass is 10.1. The molecule has 24 heavy (non-hydrogen) atoms. The molecule has 3 heterocycles. The number of thiophene rings is 1. The largest absolute Gasteiger partial charge is 0.340 e. The first-order valence-corrected chi connectivity index (χ1v) is 9.44. The van der Waals surface area contributed by atoms with E-state index >= 15 is 0 Å². The highest BCUT2D eigenvalue weighted by atomic mass is 32.1. The third-order valence-electron chi connectivity index (χ3n) is 4.93. The maximum atomic E-state index is 12.5. The van der Waals surface area contributed by atoms with Crippen molar-refractivity contribution >= 4 is 17.2 Å². The molecule has 1 amide bonds. The van der Waals surface area contributed by atoms with Crippen molar-refractivity contribution in [3.63, 3.8) is 0 Å². The molecule has 2 aromatic rings. The summed E-state index contributed by atoms with van der Waals surface area (Å²) in [6.45, 7) is 8.72. The molecule has 0 N–H and O–H groups in total. The van der Waals surface area contributed by atoms with E-state index in [2.05, 4.69) is 34.4 Å². The Labute approximate surface area is 147 Å². The van der Waals surface area contributed by atoms with Crippen molar-refractivity contribution in [3.05, 3.63) is 39.3 Å². The highest BCUT2D eigenvalue weighted by molar-refractivity contribution is 7.09. The van der Waals surface area contributed by atoms with Crippen LogP contribution in [0.3, 0.4) is 0 Å². The van der Waals surface area contributed by atoms with Gasteiger partial charge in [-0.25, -0.2) is 0 Å². The Morgan fingerprint density at radius 3 is 2.58 bits per heavy atom. The molecule has 1 fully saturated rings. The number of hydrogen-bond acceptors (Lipinski definition) is 4. The Morgan fingerprint density at radius 1 is 1.25 bits per heavy atom. The number of aromatic nitrogens is 2. The summed E-state index contributed by atoms with van der Waals surface area (Å²) in [6, 6.07) is 4.28. The number of amides is 1. The topological polar surface area (TPSA) is 41.4 Å². The third-order valence-corrected chi connectivity index (χ3v) is 5.79. The summed E-state index contributed by atoms with van der Waals surface area (Å²) >= 11 is 1.80. The SMILES string of the molecule is Cc1nn(C)c(C)c1CCC(=O)N1CCN(Cc2cccs2)CC1. The van der Waals surface area contributed by atoms with Crippen LogP contribution in [0.5, 0.6) is 0 Å². The van der Waals surface area contributed by atoms with E-state index in [1.54, 1.807) is 11.3 Å². The molecule has 0 unspecified atom stereocenters. The summed E-state index contributed by atoms with van der Waals surface area (Å²) in [7, 11) is 1.96. The maximum absolute atomic E-state index is 12.5. The van der Waals surface area contributed by atoms with Crippen molar-refractivity contribution in [2.24, 2.45) is 7.05 Å². The van der Waals surface area contributed by atoms with Gasteiger partial charge in [0.1, 0.15) is 0 Å². The van der Waals surface area contributed by atoms with Gasteiger partial charge in [0.05, 0.1) is 5.69 Å². The lowest BCUT2D eigenvalue weighted by Crippen LogP contribution is -2.48. The number of nitrogens with zero attached hydrogens (tertiary/aromatic N) is 4. The second-order valence-corrected chi connectivity index (χ2v) is 7.54. The molecule has 130 valence electrons. The van der Waals surface area contributed by atoms with Crippen LogP contribution in [0.1, 0.15) is 28.2 Å². The minimum Gasteiger partial charge on any atom is -0.340 e. The second-order valence-electron chi connectivity index (χ2n) is 6.51. The van der Waals surface area contributed by atoms with E-state index in [0.717, 1.165) is 44.8 Å². The van der Waals surface area contributed by atoms with Crippen molar-refractivity contribution in [1.29, 1.82) is 0 Å². The molecule has 1 aliphatic heterocycles. The molecule has 1 saturated heterocycles. The molecule has 0 saturated carbocycles. The van der Waals surface area contributed by atoms with Crippen molar-refractivity contribution < 1.29 is 4.79 Å². The molecule has 2 aromatic heterocycles. The Hall–Kier alpha value is -1.66. The van der Waals surface area contributed by atoms with Crippen molar-refractivity contribution in [3.8, 4) is 0 Å². The Bertz CT molecular complexity index is 684. The van der Waals surface area contributed by atoms with E-state index in [-0.39, 0.29) is 5.91 Å². The molecular formula is C18H26N4OS. The second kappa shape index (κ2) is 7.49. The predicted octanol–water partition coefficient (Wildman–Crippen LogP) is 2.38. The number of rotatable bonds is 5. The van der Waals surface area contributed by atoms with Gasteiger partial charge in [-0.3, -0.25) is 14.4 Å². The molecule has 1 aliphatic rings. The Kier molecular flexibility index (Phi) is 5.36. The molecule has 0 bridgehead atoms. The van der Waals surface area contributed by atoms with Gasteiger partial charge in [-0.05, 0) is 37.3 Å². The zero-order valence-corrected chi connectivity index (χ0v) is 15.6. The minimum atomic E-state index is 0.272. The summed E-state index contributed by atoms with van der Waals surface area (Å²) in [5.41, 5.74) is 3.44. The number of hydrogen-bond donors (Lipinski definition) is 0. The number of carbonyl (C=O) groups excluding carboxylic acids is 1. The first kappa shape index (κ1) is 17.2. The quantitative estimate of drug-likeness (QED) is 0.835. The van der Waals surface area contributed by atoms with E-state index < -0.39 is 0 Å². The van der Waals surface area contributed by atoms with E-state index in [4.69, 9.17) is 0 Å². The molecule has 0 aromatic carbocycles. The van der Waals surface area contributed by atoms with Crippen LogP contribution in [0.2, 0.25) is 0 Å². The third kappa shape index (κ3) is 3.87. The zero-order valence-electron chi connectivity index (χ0n) is 14.8. The molecule has 3 rings (SSSR count). The summed E-state index contributed by atoms with van der Waals surface area (Å²) in [4.78, 5) is 18.4. The van der Waals surface area contributed by atoms with Crippen molar-refractivity contribution in [1.82, 2.24) is 19.6 Å². The summed E-state index contributed by atoms with van der Waals surface area (Å²) in [6.07, 6.45) is 1.37. The van der Waals surface area contributed by atoms with Crippen LogP contribution in [0.4, 0.5) is 0 Å². The summed E-state index contributed by atoms with van der Waals surface area (Å²) in [5, 5.41) is 6.56. The first-order valence-electron chi connectivity index (χ1n) is 8.56. The smallest absolute Gasteiger partial charge is 0.222 e. The Morgan fingerprint density at radius 2 is 2.00 bits per heavy atom. The van der Waals surface area contributed by atoms with Gasteiger partial charge >= 0.3 is 0 Å². The van der Waals surface area contributed by atoms with Crippen LogP contribution in [0, 0.1) is 13.8 Å². The van der Waals surface area contributed by atoms with Crippen LogP contribution in [-0.4, -0.2) is 51.7 Å². The first-order chi connectivity index (χ1) is 11.5. The molecule has 5 nitrogen and oxygen atoms in total. The van der Waals surface area contributed by atoms with Crippen molar-refractivity contribution in [2.75, 3.05) is 26.2 Å². The van der Waals surface area contributed by atoms with Gasteiger partial charge in [0.25, 0.3) is 0 Å². The molecule has 0 aliphatic carbocycles. The lowest BCUT2D eigenvalue weighted by molar-refractivity contribution is -0.132. The van der Waals surface area contributed by atoms with Crippen LogP contribution in [-0.2, 0) is 24.8 Å². The summed E-state index contributed by atoms with van der Waals surface area (Å²) in [5.74, 6) is 0.272. The minimum absolute atomic E-state index is 0.272. The highest BCUT2D eigenvalue weighted by Gasteiger charge is 2.21. The fraction of sp³-hybridized carbons (Fsp3) is 0.556. The lowest BCUT2D eigenvalue weighted by Gasteiger charge is -2.34. The number of piperazine rings is 1. The average molecular weight is 347 g/mol. The van der Waals surface area contributed by atoms with E-state index in [0.29, 0.717) is 6.42 Å². The monoisotopic (exact) mass is 346 g/mol. The van der Waals surface area contributed by atoms with E-state index in [9.17, 15) is 4.79 Å². The average Bonchev–Trinajstić information content (AvgIpc) is 3.15. The van der Waals surface area contributed by atoms with Crippen LogP contribution >= 0.6 is 11.3 Å². The molecule has 0 spiro atoms. The van der Waals surface area contributed by atoms with E-state index in [1.165, 1.54) is 16.1 Å². The van der Waals surface area contributed by atoms with Crippen molar-refractivity contribution in [2.45, 2.75) is 33.2 Å². The van der Waals surface area contributed by atoms with Crippen LogP contribution in [0.25, 0.3) is 0 Å². The highest BCUT2D eigenvalue weighted by Crippen LogP contribution is 2.16. The normalized spacial score (nSPS) is 15.9. The Balaban J connectivity index is 1.47. The summed E-state index contributed by atoms with van der Waals surface area (Å²) < 4.78 is 1.90. The van der Waals surface area contributed by atoms with Gasteiger partial charge in [0.2, 0.25) is 5.91 Å². The maximum Gasteiger partial charge on any atom is 0.222 e. The van der Waals surface area contributed by atoms with Gasteiger partial charge in [-0.1, -0.05) is 6.07 Å². The van der Waals surface area contributed by atoms with Gasteiger partial charge in [0, 0.05) is 56.8 Å². The number of carbonyl (C=O) groups is 1. The molecule has 0 atom stereocenters. The molecular weight excluding hydrogens is 320 g/mol. The van der Waals surface area contributed by atoms with Gasteiger partial charge in [-0.2, -0.15) is 5.10 Å². The van der Waals surface area contributed by atoms with Crippen LogP contribution < -0.4 is 0 Å².